The number of carbonyl (C=O) groups excluding carboxylic acids is 1. The summed E-state index contributed by atoms with van der Waals surface area (Å²) in [5, 5.41) is 2.89. The van der Waals surface area contributed by atoms with Crippen LogP contribution in [0.4, 0.5) is 0 Å². The number of carbonyl (C=O) groups is 1. The maximum Gasteiger partial charge on any atom is 0.290 e. The Morgan fingerprint density at radius 1 is 1.26 bits per heavy atom. The van der Waals surface area contributed by atoms with E-state index in [2.05, 4.69) is 10.3 Å². The van der Waals surface area contributed by atoms with Crippen LogP contribution in [0.1, 0.15) is 18.3 Å². The average Bonchev–Trinajstić information content (AvgIpc) is 2.99. The van der Waals surface area contributed by atoms with Crippen LogP contribution in [-0.4, -0.2) is 28.7 Å². The second kappa shape index (κ2) is 6.56. The van der Waals surface area contributed by atoms with Crippen molar-refractivity contribution in [2.24, 2.45) is 0 Å². The van der Waals surface area contributed by atoms with Gasteiger partial charge in [0.25, 0.3) is 5.91 Å². The maximum atomic E-state index is 12.3. The summed E-state index contributed by atoms with van der Waals surface area (Å²) in [6.45, 7) is 4.94. The number of rotatable bonds is 4. The molecule has 1 amide bonds. The molecule has 1 aliphatic heterocycles. The van der Waals surface area contributed by atoms with Gasteiger partial charge in [0.15, 0.2) is 0 Å². The molecule has 6 heteroatoms. The minimum absolute atomic E-state index is 0.257. The highest BCUT2D eigenvalue weighted by Crippen LogP contribution is 2.17. The first-order valence-electron chi connectivity index (χ1n) is 7.49. The van der Waals surface area contributed by atoms with E-state index >= 15 is 0 Å². The number of imidazole rings is 1. The Labute approximate surface area is 134 Å². The van der Waals surface area contributed by atoms with E-state index < -0.39 is 0 Å². The van der Waals surface area contributed by atoms with Gasteiger partial charge in [0.1, 0.15) is 24.8 Å². The highest BCUT2D eigenvalue weighted by atomic mass is 16.6. The van der Waals surface area contributed by atoms with Crippen LogP contribution in [0.2, 0.25) is 0 Å². The molecule has 6 nitrogen and oxygen atoms in total. The number of para-hydroxylation sites is 1. The summed E-state index contributed by atoms with van der Waals surface area (Å²) in [6, 6.07) is 7.89. The number of allylic oxidation sites excluding steroid dienone is 1. The number of ether oxygens (including phenoxy) is 2. The van der Waals surface area contributed by atoms with E-state index in [0.717, 1.165) is 17.1 Å². The molecule has 0 atom stereocenters. The Balaban J connectivity index is 1.77. The molecule has 0 bridgehead atoms. The van der Waals surface area contributed by atoms with Crippen molar-refractivity contribution in [3.63, 3.8) is 0 Å². The summed E-state index contributed by atoms with van der Waals surface area (Å²) in [5.41, 5.74) is 1.99. The first kappa shape index (κ1) is 15.1. The number of amides is 1. The number of nitrogens with one attached hydrogen (secondary N) is 1. The van der Waals surface area contributed by atoms with Crippen molar-refractivity contribution in [1.29, 1.82) is 0 Å². The zero-order valence-corrected chi connectivity index (χ0v) is 13.2. The molecule has 120 valence electrons. The topological polar surface area (TPSA) is 65.4 Å². The van der Waals surface area contributed by atoms with E-state index in [4.69, 9.17) is 9.47 Å². The molecule has 1 N–H and O–H groups in total. The van der Waals surface area contributed by atoms with Crippen LogP contribution in [0, 0.1) is 6.92 Å². The molecule has 1 aromatic carbocycles. The quantitative estimate of drug-likeness (QED) is 0.938. The molecule has 0 unspecified atom stereocenters. The van der Waals surface area contributed by atoms with Gasteiger partial charge in [-0.05, 0) is 25.5 Å². The second-order valence-corrected chi connectivity index (χ2v) is 5.24. The van der Waals surface area contributed by atoms with Crippen LogP contribution in [0.5, 0.6) is 0 Å². The number of aryl methyl sites for hydroxylation is 1. The Morgan fingerprint density at radius 2 is 2.04 bits per heavy atom. The van der Waals surface area contributed by atoms with Crippen LogP contribution >= 0.6 is 0 Å². The Kier molecular flexibility index (Phi) is 4.32. The molecular weight excluding hydrogens is 294 g/mol. The van der Waals surface area contributed by atoms with Crippen molar-refractivity contribution in [3.05, 3.63) is 59.6 Å². The van der Waals surface area contributed by atoms with Crippen molar-refractivity contribution in [1.82, 2.24) is 14.9 Å². The number of aromatic nitrogens is 2. The van der Waals surface area contributed by atoms with Gasteiger partial charge in [-0.3, -0.25) is 4.79 Å². The summed E-state index contributed by atoms with van der Waals surface area (Å²) >= 11 is 0. The molecule has 0 aliphatic carbocycles. The van der Waals surface area contributed by atoms with Crippen LogP contribution < -0.4 is 5.32 Å². The standard InChI is InChI=1S/C17H19N3O3/c1-12-16(23-10-9-22-12)17(21)19-11-14-5-3-4-6-15(14)20-8-7-18-13(20)2/h3-8H,9-11H2,1-2H3,(H,19,21). The van der Waals surface area contributed by atoms with E-state index in [1.807, 2.05) is 42.0 Å². The molecule has 0 spiro atoms. The van der Waals surface area contributed by atoms with E-state index in [9.17, 15) is 4.79 Å². The predicted octanol–water partition coefficient (Wildman–Crippen LogP) is 2.08. The van der Waals surface area contributed by atoms with Crippen molar-refractivity contribution in [3.8, 4) is 5.69 Å². The summed E-state index contributed by atoms with van der Waals surface area (Å²) in [5.74, 6) is 1.41. The SMILES string of the molecule is CC1=C(C(=O)NCc2ccccc2-n2ccnc2C)OCCO1. The summed E-state index contributed by atoms with van der Waals surface area (Å²) < 4.78 is 12.7. The largest absolute Gasteiger partial charge is 0.491 e. The Morgan fingerprint density at radius 3 is 2.78 bits per heavy atom. The van der Waals surface area contributed by atoms with Crippen molar-refractivity contribution in [2.45, 2.75) is 20.4 Å². The van der Waals surface area contributed by atoms with Gasteiger partial charge in [-0.15, -0.1) is 0 Å². The van der Waals surface area contributed by atoms with Gasteiger partial charge in [0, 0.05) is 18.9 Å². The van der Waals surface area contributed by atoms with Crippen molar-refractivity contribution in [2.75, 3.05) is 13.2 Å². The molecule has 3 rings (SSSR count). The van der Waals surface area contributed by atoms with E-state index in [-0.39, 0.29) is 11.7 Å². The predicted molar refractivity (Wildman–Crippen MR) is 84.8 cm³/mol. The normalized spacial score (nSPS) is 14.2. The molecular formula is C17H19N3O3. The molecule has 0 saturated carbocycles. The molecule has 0 fully saturated rings. The zero-order chi connectivity index (χ0) is 16.2. The van der Waals surface area contributed by atoms with Crippen LogP contribution in [0.3, 0.4) is 0 Å². The molecule has 1 aromatic heterocycles. The first-order chi connectivity index (χ1) is 11.2. The fraction of sp³-hybridized carbons (Fsp3) is 0.294. The average molecular weight is 313 g/mol. The minimum Gasteiger partial charge on any atom is -0.491 e. The van der Waals surface area contributed by atoms with Crippen molar-refractivity contribution >= 4 is 5.91 Å². The lowest BCUT2D eigenvalue weighted by Crippen LogP contribution is -2.29. The zero-order valence-electron chi connectivity index (χ0n) is 13.2. The minimum atomic E-state index is -0.264. The summed E-state index contributed by atoms with van der Waals surface area (Å²) in [4.78, 5) is 16.5. The lowest BCUT2D eigenvalue weighted by atomic mass is 10.1. The molecule has 2 heterocycles. The van der Waals surface area contributed by atoms with E-state index in [1.165, 1.54) is 0 Å². The van der Waals surface area contributed by atoms with Gasteiger partial charge in [-0.2, -0.15) is 0 Å². The van der Waals surface area contributed by atoms with Gasteiger partial charge in [-0.1, -0.05) is 18.2 Å². The number of nitrogens with zero attached hydrogens (tertiary/aromatic N) is 2. The Bertz CT molecular complexity index is 749. The van der Waals surface area contributed by atoms with Gasteiger partial charge in [0.05, 0.1) is 5.69 Å². The van der Waals surface area contributed by atoms with E-state index in [1.54, 1.807) is 13.1 Å². The van der Waals surface area contributed by atoms with Gasteiger partial charge in [-0.25, -0.2) is 4.98 Å². The third kappa shape index (κ3) is 3.21. The van der Waals surface area contributed by atoms with E-state index in [0.29, 0.717) is 25.5 Å². The number of hydrogen-bond acceptors (Lipinski definition) is 4. The molecule has 0 saturated heterocycles. The number of benzene rings is 1. The lowest BCUT2D eigenvalue weighted by Gasteiger charge is -2.19. The Hall–Kier alpha value is -2.76. The molecule has 1 aliphatic rings. The smallest absolute Gasteiger partial charge is 0.290 e. The molecule has 2 aromatic rings. The van der Waals surface area contributed by atoms with Gasteiger partial charge < -0.3 is 19.4 Å². The summed E-state index contributed by atoms with van der Waals surface area (Å²) in [7, 11) is 0. The van der Waals surface area contributed by atoms with Gasteiger partial charge >= 0.3 is 0 Å². The highest BCUT2D eigenvalue weighted by Gasteiger charge is 2.19. The van der Waals surface area contributed by atoms with Crippen LogP contribution in [0.15, 0.2) is 48.2 Å². The molecule has 0 radical (unpaired) electrons. The fourth-order valence-corrected chi connectivity index (χ4v) is 2.51. The van der Waals surface area contributed by atoms with Gasteiger partial charge in [0.2, 0.25) is 5.76 Å². The molecule has 23 heavy (non-hydrogen) atoms. The maximum absolute atomic E-state index is 12.3. The second-order valence-electron chi connectivity index (χ2n) is 5.24. The third-order valence-corrected chi connectivity index (χ3v) is 3.69. The number of hydrogen-bond donors (Lipinski definition) is 1. The van der Waals surface area contributed by atoms with Crippen LogP contribution in [-0.2, 0) is 20.8 Å². The monoisotopic (exact) mass is 313 g/mol. The first-order valence-corrected chi connectivity index (χ1v) is 7.49. The fourth-order valence-electron chi connectivity index (χ4n) is 2.51. The highest BCUT2D eigenvalue weighted by molar-refractivity contribution is 5.91. The van der Waals surface area contributed by atoms with Crippen molar-refractivity contribution < 1.29 is 14.3 Å². The third-order valence-electron chi connectivity index (χ3n) is 3.69. The lowest BCUT2D eigenvalue weighted by molar-refractivity contribution is -0.122. The van der Waals surface area contributed by atoms with Crippen LogP contribution in [0.25, 0.3) is 5.69 Å². The summed E-state index contributed by atoms with van der Waals surface area (Å²) in [6.07, 6.45) is 3.66.